The molecule has 0 aliphatic heterocycles. The zero-order chi connectivity index (χ0) is 5.98. The number of rotatable bonds is 0. The molecule has 1 aromatic carbocycles. The van der Waals surface area contributed by atoms with Gasteiger partial charge in [-0.15, -0.1) is 0 Å². The van der Waals surface area contributed by atoms with E-state index in [-0.39, 0.29) is 49.2 Å². The Hall–Kier alpha value is 0.0148. The SMILES string of the molecule is Oc1cccc(O)c1.[Li].[Li]. The number of aromatic hydroxyl groups is 2. The van der Waals surface area contributed by atoms with E-state index in [2.05, 4.69) is 0 Å². The fourth-order valence-electron chi connectivity index (χ4n) is 0.493. The van der Waals surface area contributed by atoms with Gasteiger partial charge in [0.25, 0.3) is 0 Å². The van der Waals surface area contributed by atoms with Gasteiger partial charge in [-0.1, -0.05) is 6.07 Å². The van der Waals surface area contributed by atoms with Crippen LogP contribution in [-0.4, -0.2) is 47.9 Å². The van der Waals surface area contributed by atoms with Crippen molar-refractivity contribution < 1.29 is 10.2 Å². The standard InChI is InChI=1S/C6H6O2.2Li/c7-5-2-1-3-6(8)4-5;;/h1-4,7-8H;;. The summed E-state index contributed by atoms with van der Waals surface area (Å²) in [5.74, 6) is 0.176. The van der Waals surface area contributed by atoms with Crippen LogP contribution in [0.15, 0.2) is 24.3 Å². The van der Waals surface area contributed by atoms with Gasteiger partial charge in [0.15, 0.2) is 0 Å². The fraction of sp³-hybridized carbons (Fsp3) is 0. The summed E-state index contributed by atoms with van der Waals surface area (Å²) < 4.78 is 0. The van der Waals surface area contributed by atoms with Crippen LogP contribution in [0, 0.1) is 0 Å². The van der Waals surface area contributed by atoms with Crippen molar-refractivity contribution in [3.05, 3.63) is 24.3 Å². The molecule has 0 aliphatic carbocycles. The second-order valence-corrected chi connectivity index (χ2v) is 1.52. The Morgan fingerprint density at radius 3 is 1.50 bits per heavy atom. The molecule has 0 atom stereocenters. The van der Waals surface area contributed by atoms with Gasteiger partial charge in [-0.25, -0.2) is 0 Å². The van der Waals surface area contributed by atoms with Crippen molar-refractivity contribution in [1.82, 2.24) is 0 Å². The molecule has 0 unspecified atom stereocenters. The van der Waals surface area contributed by atoms with Crippen LogP contribution in [0.2, 0.25) is 0 Å². The molecule has 0 saturated carbocycles. The zero-order valence-electron chi connectivity index (χ0n) is 6.20. The van der Waals surface area contributed by atoms with Crippen molar-refractivity contribution in [2.24, 2.45) is 0 Å². The molecule has 0 heterocycles. The molecule has 0 spiro atoms. The van der Waals surface area contributed by atoms with E-state index in [1.807, 2.05) is 0 Å². The van der Waals surface area contributed by atoms with Crippen LogP contribution in [0.5, 0.6) is 11.5 Å². The van der Waals surface area contributed by atoms with Crippen LogP contribution in [0.1, 0.15) is 0 Å². The third-order valence-electron chi connectivity index (χ3n) is 0.830. The van der Waals surface area contributed by atoms with Gasteiger partial charge in [-0.05, 0) is 12.1 Å². The number of benzene rings is 1. The maximum atomic E-state index is 8.65. The van der Waals surface area contributed by atoms with Gasteiger partial charge >= 0.3 is 0 Å². The first-order chi connectivity index (χ1) is 3.79. The van der Waals surface area contributed by atoms with Crippen LogP contribution in [0.3, 0.4) is 0 Å². The minimum absolute atomic E-state index is 0. The maximum Gasteiger partial charge on any atom is 0.119 e. The molecule has 2 nitrogen and oxygen atoms in total. The Morgan fingerprint density at radius 2 is 1.30 bits per heavy atom. The van der Waals surface area contributed by atoms with Crippen LogP contribution < -0.4 is 0 Å². The van der Waals surface area contributed by atoms with E-state index in [9.17, 15) is 0 Å². The van der Waals surface area contributed by atoms with Gasteiger partial charge in [0.05, 0.1) is 0 Å². The normalized spacial score (nSPS) is 7.20. The number of phenols is 2. The quantitative estimate of drug-likeness (QED) is 0.489. The Balaban J connectivity index is 0. The summed E-state index contributed by atoms with van der Waals surface area (Å²) in [6.07, 6.45) is 0. The average molecular weight is 124 g/mol. The third kappa shape index (κ3) is 3.93. The average Bonchev–Trinajstić information content (AvgIpc) is 1.64. The topological polar surface area (TPSA) is 40.5 Å². The summed E-state index contributed by atoms with van der Waals surface area (Å²) in [4.78, 5) is 0. The molecule has 1 aromatic rings. The predicted octanol–water partition coefficient (Wildman–Crippen LogP) is 0.336. The van der Waals surface area contributed by atoms with Crippen LogP contribution in [0.25, 0.3) is 0 Å². The molecule has 0 aliphatic rings. The first kappa shape index (κ1) is 12.7. The molecule has 10 heavy (non-hydrogen) atoms. The van der Waals surface area contributed by atoms with Crippen molar-refractivity contribution in [3.63, 3.8) is 0 Å². The first-order valence-electron chi connectivity index (χ1n) is 2.27. The van der Waals surface area contributed by atoms with E-state index in [1.165, 1.54) is 18.2 Å². The molecular formula is C6H6Li2O2. The van der Waals surface area contributed by atoms with Crippen LogP contribution in [-0.2, 0) is 0 Å². The van der Waals surface area contributed by atoms with E-state index in [4.69, 9.17) is 10.2 Å². The van der Waals surface area contributed by atoms with Gasteiger partial charge < -0.3 is 10.2 Å². The molecule has 4 heteroatoms. The Kier molecular flexibility index (Phi) is 7.32. The van der Waals surface area contributed by atoms with Gasteiger partial charge in [0.1, 0.15) is 11.5 Å². The predicted molar refractivity (Wildman–Crippen MR) is 41.3 cm³/mol. The molecule has 0 fully saturated rings. The Bertz CT molecular complexity index is 174. The smallest absolute Gasteiger partial charge is 0.119 e. The van der Waals surface area contributed by atoms with Crippen LogP contribution in [0.4, 0.5) is 0 Å². The molecular weight excluding hydrogens is 118 g/mol. The fourth-order valence-corrected chi connectivity index (χ4v) is 0.493. The molecule has 44 valence electrons. The molecule has 0 aromatic heterocycles. The van der Waals surface area contributed by atoms with E-state index >= 15 is 0 Å². The molecule has 1 rings (SSSR count). The van der Waals surface area contributed by atoms with Gasteiger partial charge in [0, 0.05) is 43.8 Å². The first-order valence-corrected chi connectivity index (χ1v) is 2.27. The minimum Gasteiger partial charge on any atom is -0.508 e. The summed E-state index contributed by atoms with van der Waals surface area (Å²) in [7, 11) is 0. The van der Waals surface area contributed by atoms with E-state index < -0.39 is 0 Å². The third-order valence-corrected chi connectivity index (χ3v) is 0.830. The van der Waals surface area contributed by atoms with Crippen LogP contribution >= 0.6 is 0 Å². The summed E-state index contributed by atoms with van der Waals surface area (Å²) >= 11 is 0. The van der Waals surface area contributed by atoms with Gasteiger partial charge in [0.2, 0.25) is 0 Å². The van der Waals surface area contributed by atoms with E-state index in [0.717, 1.165) is 0 Å². The molecule has 0 amide bonds. The maximum absolute atomic E-state index is 8.65. The number of hydrogen-bond donors (Lipinski definition) is 2. The van der Waals surface area contributed by atoms with Crippen molar-refractivity contribution in [1.29, 1.82) is 0 Å². The summed E-state index contributed by atoms with van der Waals surface area (Å²) in [6.45, 7) is 0. The minimum atomic E-state index is 0. The zero-order valence-corrected chi connectivity index (χ0v) is 6.20. The summed E-state index contributed by atoms with van der Waals surface area (Å²) in [6, 6.07) is 5.85. The Labute approximate surface area is 83.6 Å². The van der Waals surface area contributed by atoms with Crippen molar-refractivity contribution in [3.8, 4) is 11.5 Å². The van der Waals surface area contributed by atoms with E-state index in [0.29, 0.717) is 0 Å². The molecule has 0 saturated heterocycles. The number of phenolic OH excluding ortho intramolecular Hbond substituents is 2. The summed E-state index contributed by atoms with van der Waals surface area (Å²) in [5.41, 5.74) is 0. The van der Waals surface area contributed by atoms with Gasteiger partial charge in [-0.3, -0.25) is 0 Å². The Morgan fingerprint density at radius 1 is 0.900 bits per heavy atom. The monoisotopic (exact) mass is 124 g/mol. The molecule has 2 radical (unpaired) electrons. The molecule has 0 bridgehead atoms. The number of hydrogen-bond acceptors (Lipinski definition) is 2. The van der Waals surface area contributed by atoms with Crippen molar-refractivity contribution in [2.45, 2.75) is 0 Å². The second-order valence-electron chi connectivity index (χ2n) is 1.52. The largest absolute Gasteiger partial charge is 0.508 e. The van der Waals surface area contributed by atoms with Gasteiger partial charge in [-0.2, -0.15) is 0 Å². The van der Waals surface area contributed by atoms with E-state index in [1.54, 1.807) is 6.07 Å². The van der Waals surface area contributed by atoms with Crippen molar-refractivity contribution in [2.75, 3.05) is 0 Å². The van der Waals surface area contributed by atoms with Crippen molar-refractivity contribution >= 4 is 37.7 Å². The molecule has 2 N–H and O–H groups in total. The summed E-state index contributed by atoms with van der Waals surface area (Å²) in [5, 5.41) is 17.3. The second kappa shape index (κ2) is 5.77.